The Morgan fingerprint density at radius 3 is 2.41 bits per heavy atom. The third kappa shape index (κ3) is 5.02. The summed E-state index contributed by atoms with van der Waals surface area (Å²) in [6.07, 6.45) is -4.46. The van der Waals surface area contributed by atoms with Gasteiger partial charge in [0.15, 0.2) is 0 Å². The molecule has 9 heteroatoms. The molecule has 0 radical (unpaired) electrons. The maximum Gasteiger partial charge on any atom is 0.407 e. The number of carbonyl (C=O) groups is 1. The highest BCUT2D eigenvalue weighted by molar-refractivity contribution is 6.05. The summed E-state index contributed by atoms with van der Waals surface area (Å²) >= 11 is 0. The summed E-state index contributed by atoms with van der Waals surface area (Å²) in [7, 11) is 0. The van der Waals surface area contributed by atoms with E-state index in [4.69, 9.17) is 4.42 Å². The lowest BCUT2D eigenvalue weighted by Crippen LogP contribution is -2.53. The van der Waals surface area contributed by atoms with Crippen LogP contribution in [0.5, 0.6) is 0 Å². The van der Waals surface area contributed by atoms with Crippen molar-refractivity contribution in [2.75, 3.05) is 0 Å². The molecular formula is C25H25F4N3O2. The molecule has 1 aliphatic carbocycles. The first-order chi connectivity index (χ1) is 15.8. The van der Waals surface area contributed by atoms with E-state index in [0.717, 1.165) is 10.9 Å². The monoisotopic (exact) mass is 475 g/mol. The lowest BCUT2D eigenvalue weighted by atomic mass is 9.97. The Kier molecular flexibility index (Phi) is 5.85. The van der Waals surface area contributed by atoms with E-state index >= 15 is 0 Å². The maximum atomic E-state index is 14.5. The number of alkyl halides is 4. The number of fused-ring (bicyclic) bond motifs is 3. The first-order valence-electron chi connectivity index (χ1n) is 11.0. The fraction of sp³-hybridized carbons (Fsp3) is 0.440. The highest BCUT2D eigenvalue weighted by atomic mass is 19.4. The fourth-order valence-corrected chi connectivity index (χ4v) is 4.09. The van der Waals surface area contributed by atoms with Gasteiger partial charge in [-0.15, -0.1) is 0 Å². The van der Waals surface area contributed by atoms with Crippen molar-refractivity contribution in [3.8, 4) is 6.07 Å². The highest BCUT2D eigenvalue weighted by Gasteiger charge is 2.48. The SMILES string of the molecule is Cc1ccc2oc3cc(C(NC(CC(C)(C)F)C(=O)NC4(C#N)CC4)C(F)(F)F)ccc3c2c1. The molecule has 0 aliphatic heterocycles. The Morgan fingerprint density at radius 2 is 1.82 bits per heavy atom. The quantitative estimate of drug-likeness (QED) is 0.426. The summed E-state index contributed by atoms with van der Waals surface area (Å²) in [5.41, 5.74) is -1.35. The first kappa shape index (κ1) is 24.0. The largest absolute Gasteiger partial charge is 0.456 e. The minimum Gasteiger partial charge on any atom is -0.456 e. The maximum absolute atomic E-state index is 14.5. The van der Waals surface area contributed by atoms with Gasteiger partial charge in [0.2, 0.25) is 5.91 Å². The molecule has 1 heterocycles. The number of carbonyl (C=O) groups excluding carboxylic acids is 1. The van der Waals surface area contributed by atoms with Crippen molar-refractivity contribution in [3.05, 3.63) is 47.5 Å². The summed E-state index contributed by atoms with van der Waals surface area (Å²) in [6, 6.07) is 7.89. The van der Waals surface area contributed by atoms with E-state index in [2.05, 4.69) is 10.6 Å². The number of aryl methyl sites for hydroxylation is 1. The van der Waals surface area contributed by atoms with Crippen LogP contribution in [0.4, 0.5) is 17.6 Å². The van der Waals surface area contributed by atoms with Crippen LogP contribution >= 0.6 is 0 Å². The first-order valence-corrected chi connectivity index (χ1v) is 11.0. The second-order valence-corrected chi connectivity index (χ2v) is 9.66. The molecule has 1 saturated carbocycles. The number of halogens is 4. The molecule has 0 bridgehead atoms. The van der Waals surface area contributed by atoms with Gasteiger partial charge < -0.3 is 9.73 Å². The van der Waals surface area contributed by atoms with E-state index in [1.807, 2.05) is 25.1 Å². The molecule has 1 fully saturated rings. The number of nitriles is 1. The number of nitrogens with one attached hydrogen (secondary N) is 2. The summed E-state index contributed by atoms with van der Waals surface area (Å²) < 4.78 is 62.7. The van der Waals surface area contributed by atoms with Gasteiger partial charge in [0.05, 0.1) is 12.1 Å². The highest BCUT2D eigenvalue weighted by Crippen LogP contribution is 2.38. The average Bonchev–Trinajstić information content (AvgIpc) is 3.41. The Labute approximate surface area is 194 Å². The van der Waals surface area contributed by atoms with Crippen LogP contribution in [0.3, 0.4) is 0 Å². The molecule has 1 aliphatic rings. The van der Waals surface area contributed by atoms with Gasteiger partial charge in [-0.25, -0.2) is 4.39 Å². The smallest absolute Gasteiger partial charge is 0.407 e. The number of furan rings is 1. The van der Waals surface area contributed by atoms with Gasteiger partial charge in [-0.2, -0.15) is 18.4 Å². The molecule has 1 aromatic heterocycles. The second-order valence-electron chi connectivity index (χ2n) is 9.66. The van der Waals surface area contributed by atoms with Crippen molar-refractivity contribution in [3.63, 3.8) is 0 Å². The van der Waals surface area contributed by atoms with Crippen molar-refractivity contribution >= 4 is 27.8 Å². The number of nitrogens with zero attached hydrogens (tertiary/aromatic N) is 1. The summed E-state index contributed by atoms with van der Waals surface area (Å²) in [5, 5.41) is 15.5. The number of hydrogen-bond acceptors (Lipinski definition) is 4. The zero-order valence-electron chi connectivity index (χ0n) is 19.0. The molecule has 3 aromatic rings. The average molecular weight is 475 g/mol. The Hall–Kier alpha value is -3.12. The molecule has 1 amide bonds. The van der Waals surface area contributed by atoms with Gasteiger partial charge in [0.25, 0.3) is 0 Å². The minimum atomic E-state index is -4.78. The van der Waals surface area contributed by atoms with Crippen molar-refractivity contribution < 1.29 is 26.8 Å². The van der Waals surface area contributed by atoms with Crippen LogP contribution < -0.4 is 10.6 Å². The van der Waals surface area contributed by atoms with Crippen LogP contribution in [0.2, 0.25) is 0 Å². The van der Waals surface area contributed by atoms with E-state index in [0.29, 0.717) is 23.8 Å². The van der Waals surface area contributed by atoms with Gasteiger partial charge in [-0.05, 0) is 57.4 Å². The van der Waals surface area contributed by atoms with E-state index in [9.17, 15) is 27.6 Å². The Bertz CT molecular complexity index is 1280. The molecular weight excluding hydrogens is 450 g/mol. The van der Waals surface area contributed by atoms with E-state index in [-0.39, 0.29) is 11.1 Å². The standard InChI is InChI=1S/C25H25F4N3O2/c1-14-4-7-19-17(10-14)16-6-5-15(11-20(16)34-19)21(25(27,28)29)31-18(12-23(2,3)26)22(33)32-24(13-30)8-9-24/h4-7,10-11,18,21,31H,8-9,12H2,1-3H3,(H,32,33). The normalized spacial score (nSPS) is 17.4. The van der Waals surface area contributed by atoms with Crippen molar-refractivity contribution in [1.29, 1.82) is 5.26 Å². The number of hydrogen-bond donors (Lipinski definition) is 2. The van der Waals surface area contributed by atoms with Crippen LogP contribution in [0.25, 0.3) is 21.9 Å². The van der Waals surface area contributed by atoms with Gasteiger partial charge in [-0.3, -0.25) is 10.1 Å². The predicted molar refractivity (Wildman–Crippen MR) is 120 cm³/mol. The summed E-state index contributed by atoms with van der Waals surface area (Å²) in [5.74, 6) is -0.834. The van der Waals surface area contributed by atoms with Gasteiger partial charge >= 0.3 is 6.18 Å². The van der Waals surface area contributed by atoms with Crippen LogP contribution in [-0.4, -0.2) is 29.3 Å². The molecule has 2 unspecified atom stereocenters. The van der Waals surface area contributed by atoms with E-state index in [1.165, 1.54) is 26.0 Å². The minimum absolute atomic E-state index is 0.160. The van der Waals surface area contributed by atoms with Crippen LogP contribution in [-0.2, 0) is 4.79 Å². The number of rotatable bonds is 7. The molecule has 0 saturated heterocycles. The molecule has 34 heavy (non-hydrogen) atoms. The number of amides is 1. The summed E-state index contributed by atoms with van der Waals surface area (Å²) in [6.45, 7) is 4.29. The zero-order valence-corrected chi connectivity index (χ0v) is 19.0. The Morgan fingerprint density at radius 1 is 1.12 bits per heavy atom. The molecule has 180 valence electrons. The van der Waals surface area contributed by atoms with Crippen LogP contribution in [0, 0.1) is 18.3 Å². The lowest BCUT2D eigenvalue weighted by molar-refractivity contribution is -0.161. The molecule has 2 N–H and O–H groups in total. The molecule has 5 nitrogen and oxygen atoms in total. The predicted octanol–water partition coefficient (Wildman–Crippen LogP) is 5.77. The molecule has 4 rings (SSSR count). The number of benzene rings is 2. The van der Waals surface area contributed by atoms with E-state index < -0.39 is 41.8 Å². The van der Waals surface area contributed by atoms with Crippen LogP contribution in [0.1, 0.15) is 50.3 Å². The summed E-state index contributed by atoms with van der Waals surface area (Å²) in [4.78, 5) is 12.8. The molecule has 0 spiro atoms. The van der Waals surface area contributed by atoms with Crippen molar-refractivity contribution in [1.82, 2.24) is 10.6 Å². The third-order valence-corrected chi connectivity index (χ3v) is 6.01. The molecule has 2 aromatic carbocycles. The van der Waals surface area contributed by atoms with Crippen molar-refractivity contribution in [2.45, 2.75) is 69.5 Å². The van der Waals surface area contributed by atoms with E-state index in [1.54, 1.807) is 12.1 Å². The Balaban J connectivity index is 1.69. The van der Waals surface area contributed by atoms with Crippen molar-refractivity contribution in [2.24, 2.45) is 0 Å². The topological polar surface area (TPSA) is 78.1 Å². The fourth-order valence-electron chi connectivity index (χ4n) is 4.09. The van der Waals surface area contributed by atoms with Gasteiger partial charge in [0.1, 0.15) is 28.4 Å². The second kappa shape index (κ2) is 8.27. The lowest BCUT2D eigenvalue weighted by Gasteiger charge is -2.30. The molecule has 2 atom stereocenters. The van der Waals surface area contributed by atoms with Gasteiger partial charge in [-0.1, -0.05) is 23.8 Å². The zero-order chi connectivity index (χ0) is 24.9. The third-order valence-electron chi connectivity index (χ3n) is 6.01. The van der Waals surface area contributed by atoms with Crippen LogP contribution in [0.15, 0.2) is 40.8 Å². The van der Waals surface area contributed by atoms with Gasteiger partial charge in [0, 0.05) is 17.2 Å².